The van der Waals surface area contributed by atoms with E-state index in [2.05, 4.69) is 17.1 Å². The van der Waals surface area contributed by atoms with Crippen molar-refractivity contribution >= 4 is 46.6 Å². The molecule has 0 radical (unpaired) electrons. The predicted molar refractivity (Wildman–Crippen MR) is 161 cm³/mol. The topological polar surface area (TPSA) is 73.0 Å². The van der Waals surface area contributed by atoms with Gasteiger partial charge < -0.3 is 20.0 Å². The van der Waals surface area contributed by atoms with Crippen LogP contribution in [0.3, 0.4) is 0 Å². The van der Waals surface area contributed by atoms with E-state index in [-0.39, 0.29) is 24.3 Å². The van der Waals surface area contributed by atoms with Crippen molar-refractivity contribution in [2.75, 3.05) is 37.7 Å². The third-order valence-electron chi connectivity index (χ3n) is 8.09. The van der Waals surface area contributed by atoms with Gasteiger partial charge in [0, 0.05) is 41.8 Å². The molecule has 0 atom stereocenters. The lowest BCUT2D eigenvalue weighted by Gasteiger charge is -2.43. The van der Waals surface area contributed by atoms with Gasteiger partial charge in [-0.05, 0) is 55.5 Å². The first-order valence-corrected chi connectivity index (χ1v) is 15.2. The summed E-state index contributed by atoms with van der Waals surface area (Å²) in [6.07, 6.45) is 7.81. The van der Waals surface area contributed by atoms with Gasteiger partial charge in [0.2, 0.25) is 11.8 Å². The number of rotatable bonds is 12. The van der Waals surface area contributed by atoms with Crippen molar-refractivity contribution in [2.24, 2.45) is 0 Å². The smallest absolute Gasteiger partial charge is 0.250 e. The van der Waals surface area contributed by atoms with Crippen molar-refractivity contribution in [3.05, 3.63) is 64.1 Å². The summed E-state index contributed by atoms with van der Waals surface area (Å²) < 4.78 is 0. The standard InChI is InChI=1S/C31H40Cl2N4O3/c1-2-3-4-5-9-12-29(39)35-19-16-31(17-20-35)30(40)36(23-37(31)26-10-7-6-8-11-26)22-28(38)34-18-15-24-13-14-25(32)21-27(24)33/h6-8,10-11,13-14,21H,2-5,9,12,15-20,22-23H2,1H3,(H,34,38). The third-order valence-corrected chi connectivity index (χ3v) is 8.67. The van der Waals surface area contributed by atoms with Crippen molar-refractivity contribution in [3.63, 3.8) is 0 Å². The molecule has 0 saturated carbocycles. The minimum absolute atomic E-state index is 0.0152. The number of anilines is 1. The number of amides is 3. The molecule has 7 nitrogen and oxygen atoms in total. The molecular weight excluding hydrogens is 547 g/mol. The normalized spacial score (nSPS) is 16.6. The lowest BCUT2D eigenvalue weighted by atomic mass is 9.85. The molecule has 3 amide bonds. The van der Waals surface area contributed by atoms with Crippen LogP contribution in [0, 0.1) is 0 Å². The summed E-state index contributed by atoms with van der Waals surface area (Å²) in [4.78, 5) is 45.3. The molecule has 2 aromatic carbocycles. The maximum absolute atomic E-state index is 13.9. The van der Waals surface area contributed by atoms with E-state index < -0.39 is 5.54 Å². The highest BCUT2D eigenvalue weighted by atomic mass is 35.5. The number of hydrogen-bond acceptors (Lipinski definition) is 4. The molecule has 2 fully saturated rings. The lowest BCUT2D eigenvalue weighted by Crippen LogP contribution is -2.57. The van der Waals surface area contributed by atoms with Crippen LogP contribution in [0.25, 0.3) is 0 Å². The highest BCUT2D eigenvalue weighted by molar-refractivity contribution is 6.35. The Balaban J connectivity index is 1.36. The van der Waals surface area contributed by atoms with Gasteiger partial charge >= 0.3 is 0 Å². The van der Waals surface area contributed by atoms with Gasteiger partial charge in [0.25, 0.3) is 5.91 Å². The fourth-order valence-corrected chi connectivity index (χ4v) is 6.28. The largest absolute Gasteiger partial charge is 0.354 e. The Labute approximate surface area is 247 Å². The van der Waals surface area contributed by atoms with E-state index in [4.69, 9.17) is 23.2 Å². The van der Waals surface area contributed by atoms with Crippen LogP contribution in [0.5, 0.6) is 0 Å². The summed E-state index contributed by atoms with van der Waals surface area (Å²) in [5, 5.41) is 4.06. The van der Waals surface area contributed by atoms with Crippen LogP contribution in [0.2, 0.25) is 10.0 Å². The fraction of sp³-hybridized carbons (Fsp3) is 0.516. The van der Waals surface area contributed by atoms with Gasteiger partial charge in [-0.2, -0.15) is 0 Å². The molecule has 1 N–H and O–H groups in total. The SMILES string of the molecule is CCCCCCCC(=O)N1CCC2(CC1)C(=O)N(CC(=O)NCCc1ccc(Cl)cc1Cl)CN2c1ccccc1. The molecule has 1 spiro atoms. The Morgan fingerprint density at radius 1 is 0.975 bits per heavy atom. The zero-order chi connectivity index (χ0) is 28.5. The Hall–Kier alpha value is -2.77. The van der Waals surface area contributed by atoms with Crippen LogP contribution in [0.15, 0.2) is 48.5 Å². The van der Waals surface area contributed by atoms with Gasteiger partial charge in [-0.25, -0.2) is 0 Å². The van der Waals surface area contributed by atoms with E-state index in [9.17, 15) is 14.4 Å². The number of nitrogens with zero attached hydrogens (tertiary/aromatic N) is 3. The lowest BCUT2D eigenvalue weighted by molar-refractivity contribution is -0.140. The maximum Gasteiger partial charge on any atom is 0.250 e. The molecule has 0 aromatic heterocycles. The van der Waals surface area contributed by atoms with Gasteiger partial charge in [-0.15, -0.1) is 0 Å². The van der Waals surface area contributed by atoms with E-state index >= 15 is 0 Å². The second-order valence-electron chi connectivity index (χ2n) is 10.8. The predicted octanol–water partition coefficient (Wildman–Crippen LogP) is 5.68. The average Bonchev–Trinajstić information content (AvgIpc) is 3.21. The molecule has 0 aliphatic carbocycles. The Kier molecular flexibility index (Phi) is 10.7. The van der Waals surface area contributed by atoms with Crippen molar-refractivity contribution in [1.82, 2.24) is 15.1 Å². The number of halogens is 2. The van der Waals surface area contributed by atoms with Crippen molar-refractivity contribution in [2.45, 2.75) is 70.3 Å². The fourth-order valence-electron chi connectivity index (χ4n) is 5.78. The number of piperidine rings is 1. The number of benzene rings is 2. The number of nitrogens with one attached hydrogen (secondary N) is 1. The number of likely N-dealkylation sites (tertiary alicyclic amines) is 1. The molecule has 2 aromatic rings. The molecule has 2 saturated heterocycles. The van der Waals surface area contributed by atoms with Crippen LogP contribution >= 0.6 is 23.2 Å². The van der Waals surface area contributed by atoms with Gasteiger partial charge in [-0.1, -0.05) is 80.1 Å². The molecule has 9 heteroatoms. The number of carbonyl (C=O) groups excluding carboxylic acids is 3. The Morgan fingerprint density at radius 2 is 1.70 bits per heavy atom. The zero-order valence-corrected chi connectivity index (χ0v) is 24.9. The van der Waals surface area contributed by atoms with Crippen LogP contribution in [0.1, 0.15) is 63.9 Å². The minimum atomic E-state index is -0.754. The second-order valence-corrected chi connectivity index (χ2v) is 11.7. The quantitative estimate of drug-likeness (QED) is 0.325. The number of para-hydroxylation sites is 1. The summed E-state index contributed by atoms with van der Waals surface area (Å²) in [6, 6.07) is 15.2. The first-order valence-electron chi connectivity index (χ1n) is 14.4. The van der Waals surface area contributed by atoms with Gasteiger partial charge in [0.1, 0.15) is 12.1 Å². The van der Waals surface area contributed by atoms with E-state index in [0.29, 0.717) is 62.0 Å². The third kappa shape index (κ3) is 7.29. The summed E-state index contributed by atoms with van der Waals surface area (Å²) >= 11 is 12.2. The first kappa shape index (κ1) is 30.2. The van der Waals surface area contributed by atoms with E-state index in [1.165, 1.54) is 19.3 Å². The van der Waals surface area contributed by atoms with E-state index in [0.717, 1.165) is 24.1 Å². The molecular formula is C31H40Cl2N4O3. The molecule has 2 aliphatic rings. The molecule has 2 heterocycles. The van der Waals surface area contributed by atoms with Crippen molar-refractivity contribution < 1.29 is 14.4 Å². The average molecular weight is 588 g/mol. The van der Waals surface area contributed by atoms with Crippen LogP contribution in [-0.2, 0) is 20.8 Å². The van der Waals surface area contributed by atoms with Gasteiger partial charge in [0.15, 0.2) is 0 Å². The van der Waals surface area contributed by atoms with Gasteiger partial charge in [0.05, 0.1) is 6.67 Å². The summed E-state index contributed by atoms with van der Waals surface area (Å²) in [5.74, 6) is -0.0711. The van der Waals surface area contributed by atoms with Crippen LogP contribution in [-0.4, -0.2) is 65.9 Å². The Morgan fingerprint density at radius 3 is 2.40 bits per heavy atom. The second kappa shape index (κ2) is 14.2. The first-order chi connectivity index (χ1) is 19.3. The zero-order valence-electron chi connectivity index (χ0n) is 23.3. The molecule has 4 rings (SSSR count). The minimum Gasteiger partial charge on any atom is -0.354 e. The highest BCUT2D eigenvalue weighted by Gasteiger charge is 2.54. The van der Waals surface area contributed by atoms with E-state index in [1.54, 1.807) is 17.0 Å². The Bertz CT molecular complexity index is 1170. The number of hydrogen-bond donors (Lipinski definition) is 1. The van der Waals surface area contributed by atoms with Crippen molar-refractivity contribution in [3.8, 4) is 0 Å². The molecule has 216 valence electrons. The molecule has 40 heavy (non-hydrogen) atoms. The summed E-state index contributed by atoms with van der Waals surface area (Å²) in [5.41, 5.74) is 1.10. The maximum atomic E-state index is 13.9. The van der Waals surface area contributed by atoms with Crippen molar-refractivity contribution in [1.29, 1.82) is 0 Å². The van der Waals surface area contributed by atoms with Gasteiger partial charge in [-0.3, -0.25) is 14.4 Å². The van der Waals surface area contributed by atoms with Crippen LogP contribution in [0.4, 0.5) is 5.69 Å². The number of carbonyl (C=O) groups is 3. The van der Waals surface area contributed by atoms with Crippen LogP contribution < -0.4 is 10.2 Å². The molecule has 0 bridgehead atoms. The highest BCUT2D eigenvalue weighted by Crippen LogP contribution is 2.39. The summed E-state index contributed by atoms with van der Waals surface area (Å²) in [6.45, 7) is 4.01. The molecule has 0 unspecified atom stereocenters. The monoisotopic (exact) mass is 586 g/mol. The number of unbranched alkanes of at least 4 members (excludes halogenated alkanes) is 4. The summed E-state index contributed by atoms with van der Waals surface area (Å²) in [7, 11) is 0. The van der Waals surface area contributed by atoms with E-state index in [1.807, 2.05) is 41.3 Å². The molecule has 2 aliphatic heterocycles.